The molecule has 0 spiro atoms. The van der Waals surface area contributed by atoms with Crippen molar-refractivity contribution in [3.8, 4) is 0 Å². The molecule has 29 heavy (non-hydrogen) atoms. The van der Waals surface area contributed by atoms with E-state index in [2.05, 4.69) is 48.1 Å². The first-order chi connectivity index (χ1) is 14.1. The van der Waals surface area contributed by atoms with Crippen LogP contribution in [0.4, 0.5) is 4.39 Å². The minimum atomic E-state index is -0.186. The van der Waals surface area contributed by atoms with Crippen molar-refractivity contribution in [2.75, 3.05) is 0 Å². The number of halogens is 1. The van der Waals surface area contributed by atoms with E-state index < -0.39 is 0 Å². The second-order valence-electron chi connectivity index (χ2n) is 8.60. The highest BCUT2D eigenvalue weighted by molar-refractivity contribution is 5.82. The quantitative estimate of drug-likeness (QED) is 0.428. The predicted octanol–water partition coefficient (Wildman–Crippen LogP) is 6.64. The Labute approximate surface area is 170 Å². The van der Waals surface area contributed by atoms with Crippen molar-refractivity contribution in [3.63, 3.8) is 0 Å². The predicted molar refractivity (Wildman–Crippen MR) is 116 cm³/mol. The SMILES string of the molecule is Cc1ccc2nc([C@@H](C)[C@H]3CC[C@@H](c4ccnc5ccc(F)cc54)CC3)[nH]c2c1. The van der Waals surface area contributed by atoms with E-state index in [4.69, 9.17) is 4.98 Å². The Bertz CT molecular complexity index is 1170. The standard InChI is InChI=1S/C25H26FN3/c1-15-3-9-23-24(13-15)29-25(28-23)16(2)17-4-6-18(7-5-17)20-11-12-27-22-10-8-19(26)14-21(20)22/h3,8-14,16-18H,4-7H2,1-2H3,(H,28,29)/t16-,17-,18+/m0/s1. The highest BCUT2D eigenvalue weighted by Gasteiger charge is 2.29. The molecular formula is C25H26FN3. The molecule has 4 heteroatoms. The van der Waals surface area contributed by atoms with E-state index in [0.717, 1.165) is 40.6 Å². The topological polar surface area (TPSA) is 41.6 Å². The molecule has 0 aliphatic heterocycles. The number of H-pyrrole nitrogens is 1. The van der Waals surface area contributed by atoms with E-state index in [9.17, 15) is 4.39 Å². The van der Waals surface area contributed by atoms with Gasteiger partial charge in [0, 0.05) is 17.5 Å². The van der Waals surface area contributed by atoms with Crippen molar-refractivity contribution in [1.29, 1.82) is 0 Å². The van der Waals surface area contributed by atoms with E-state index in [1.807, 2.05) is 6.20 Å². The molecule has 0 amide bonds. The second-order valence-corrected chi connectivity index (χ2v) is 8.60. The first-order valence-corrected chi connectivity index (χ1v) is 10.6. The van der Waals surface area contributed by atoms with Crippen molar-refractivity contribution < 1.29 is 4.39 Å². The average Bonchev–Trinajstić information content (AvgIpc) is 3.16. The lowest BCUT2D eigenvalue weighted by atomic mass is 9.73. The summed E-state index contributed by atoms with van der Waals surface area (Å²) in [5, 5.41) is 0.969. The van der Waals surface area contributed by atoms with Gasteiger partial charge in [0.15, 0.2) is 0 Å². The van der Waals surface area contributed by atoms with Gasteiger partial charge in [-0.2, -0.15) is 0 Å². The Balaban J connectivity index is 1.34. The Kier molecular flexibility index (Phi) is 4.57. The van der Waals surface area contributed by atoms with Crippen LogP contribution in [0.3, 0.4) is 0 Å². The van der Waals surface area contributed by atoms with Crippen LogP contribution >= 0.6 is 0 Å². The minimum Gasteiger partial charge on any atom is -0.342 e. The number of hydrogen-bond donors (Lipinski definition) is 1. The number of benzene rings is 2. The molecule has 0 bridgehead atoms. The molecule has 2 heterocycles. The highest BCUT2D eigenvalue weighted by Crippen LogP contribution is 2.42. The van der Waals surface area contributed by atoms with E-state index in [1.165, 1.54) is 30.0 Å². The molecule has 2 aromatic carbocycles. The summed E-state index contributed by atoms with van der Waals surface area (Å²) in [6, 6.07) is 13.4. The number of nitrogens with zero attached hydrogens (tertiary/aromatic N) is 2. The molecule has 5 rings (SSSR count). The number of hydrogen-bond acceptors (Lipinski definition) is 2. The molecule has 1 fully saturated rings. The van der Waals surface area contributed by atoms with Crippen molar-refractivity contribution in [3.05, 3.63) is 71.4 Å². The van der Waals surface area contributed by atoms with Gasteiger partial charge >= 0.3 is 0 Å². The number of rotatable bonds is 3. The Morgan fingerprint density at radius 3 is 2.62 bits per heavy atom. The molecule has 1 atom stereocenters. The smallest absolute Gasteiger partial charge is 0.123 e. The molecule has 2 aromatic heterocycles. The lowest BCUT2D eigenvalue weighted by Crippen LogP contribution is -2.19. The zero-order valence-corrected chi connectivity index (χ0v) is 17.0. The first-order valence-electron chi connectivity index (χ1n) is 10.6. The van der Waals surface area contributed by atoms with Gasteiger partial charge < -0.3 is 4.98 Å². The summed E-state index contributed by atoms with van der Waals surface area (Å²) in [4.78, 5) is 12.8. The summed E-state index contributed by atoms with van der Waals surface area (Å²) in [6.07, 6.45) is 6.46. The molecule has 3 nitrogen and oxygen atoms in total. The molecule has 0 radical (unpaired) electrons. The van der Waals surface area contributed by atoms with Gasteiger partial charge in [-0.1, -0.05) is 13.0 Å². The zero-order valence-electron chi connectivity index (χ0n) is 17.0. The fourth-order valence-electron chi connectivity index (χ4n) is 5.01. The van der Waals surface area contributed by atoms with Crippen molar-refractivity contribution in [2.24, 2.45) is 5.92 Å². The Hall–Kier alpha value is -2.75. The van der Waals surface area contributed by atoms with Gasteiger partial charge in [-0.25, -0.2) is 9.37 Å². The number of pyridine rings is 1. The van der Waals surface area contributed by atoms with E-state index in [1.54, 1.807) is 12.1 Å². The van der Waals surface area contributed by atoms with Crippen LogP contribution in [0, 0.1) is 18.7 Å². The van der Waals surface area contributed by atoms with Gasteiger partial charge in [-0.3, -0.25) is 4.98 Å². The summed E-state index contributed by atoms with van der Waals surface area (Å²) in [7, 11) is 0. The van der Waals surface area contributed by atoms with Crippen LogP contribution in [0.2, 0.25) is 0 Å². The van der Waals surface area contributed by atoms with Gasteiger partial charge in [0.2, 0.25) is 0 Å². The fraction of sp³-hybridized carbons (Fsp3) is 0.360. The molecule has 1 aliphatic rings. The third kappa shape index (κ3) is 3.41. The zero-order chi connectivity index (χ0) is 20.0. The third-order valence-corrected chi connectivity index (χ3v) is 6.74. The lowest BCUT2D eigenvalue weighted by Gasteiger charge is -2.32. The van der Waals surface area contributed by atoms with E-state index >= 15 is 0 Å². The van der Waals surface area contributed by atoms with Crippen LogP contribution < -0.4 is 0 Å². The van der Waals surface area contributed by atoms with E-state index in [-0.39, 0.29) is 5.82 Å². The van der Waals surface area contributed by atoms with Crippen molar-refractivity contribution in [2.45, 2.75) is 51.4 Å². The minimum absolute atomic E-state index is 0.186. The average molecular weight is 388 g/mol. The van der Waals surface area contributed by atoms with Gasteiger partial charge in [0.25, 0.3) is 0 Å². The molecule has 1 aliphatic carbocycles. The molecule has 1 saturated carbocycles. The number of aromatic amines is 1. The lowest BCUT2D eigenvalue weighted by molar-refractivity contribution is 0.286. The fourth-order valence-corrected chi connectivity index (χ4v) is 5.01. The maximum atomic E-state index is 13.8. The largest absolute Gasteiger partial charge is 0.342 e. The summed E-state index contributed by atoms with van der Waals surface area (Å²) < 4.78 is 13.8. The third-order valence-electron chi connectivity index (χ3n) is 6.74. The number of nitrogens with one attached hydrogen (secondary N) is 1. The molecule has 0 saturated heterocycles. The first kappa shape index (κ1) is 18.3. The Morgan fingerprint density at radius 2 is 1.79 bits per heavy atom. The summed E-state index contributed by atoms with van der Waals surface area (Å²) in [5.74, 6) is 2.43. The summed E-state index contributed by atoms with van der Waals surface area (Å²) >= 11 is 0. The number of imidazole rings is 1. The normalized spacial score (nSPS) is 20.9. The van der Waals surface area contributed by atoms with E-state index in [0.29, 0.717) is 17.8 Å². The number of aromatic nitrogens is 3. The van der Waals surface area contributed by atoms with Crippen LogP contribution in [0.15, 0.2) is 48.7 Å². The van der Waals surface area contributed by atoms with Crippen LogP contribution in [0.1, 0.15) is 61.4 Å². The molecule has 148 valence electrons. The van der Waals surface area contributed by atoms with Crippen LogP contribution in [0.25, 0.3) is 21.9 Å². The monoisotopic (exact) mass is 387 g/mol. The van der Waals surface area contributed by atoms with Crippen LogP contribution in [-0.4, -0.2) is 15.0 Å². The maximum Gasteiger partial charge on any atom is 0.123 e. The summed E-state index contributed by atoms with van der Waals surface area (Å²) in [6.45, 7) is 4.41. The Morgan fingerprint density at radius 1 is 1.00 bits per heavy atom. The maximum absolute atomic E-state index is 13.8. The number of fused-ring (bicyclic) bond motifs is 2. The highest BCUT2D eigenvalue weighted by atomic mass is 19.1. The molecule has 4 aromatic rings. The number of aryl methyl sites for hydroxylation is 1. The molecule has 0 unspecified atom stereocenters. The van der Waals surface area contributed by atoms with Crippen molar-refractivity contribution in [1.82, 2.24) is 15.0 Å². The van der Waals surface area contributed by atoms with Gasteiger partial charge in [0.05, 0.1) is 16.6 Å². The molecule has 1 N–H and O–H groups in total. The van der Waals surface area contributed by atoms with Crippen LogP contribution in [0.5, 0.6) is 0 Å². The van der Waals surface area contributed by atoms with Crippen LogP contribution in [-0.2, 0) is 0 Å². The van der Waals surface area contributed by atoms with Gasteiger partial charge in [-0.05, 0) is 92.0 Å². The molecular weight excluding hydrogens is 361 g/mol. The second kappa shape index (κ2) is 7.25. The summed E-state index contributed by atoms with van der Waals surface area (Å²) in [5.41, 5.74) is 5.57. The van der Waals surface area contributed by atoms with Gasteiger partial charge in [0.1, 0.15) is 11.6 Å². The van der Waals surface area contributed by atoms with Crippen molar-refractivity contribution >= 4 is 21.9 Å². The van der Waals surface area contributed by atoms with Gasteiger partial charge in [-0.15, -0.1) is 0 Å².